The number of carbonyl (C=O) groups excluding carboxylic acids is 2. The summed E-state index contributed by atoms with van der Waals surface area (Å²) in [7, 11) is 0. The van der Waals surface area contributed by atoms with Crippen molar-refractivity contribution in [1.82, 2.24) is 10.2 Å². The summed E-state index contributed by atoms with van der Waals surface area (Å²) in [5.41, 5.74) is 1.40. The number of hydrogen-bond acceptors (Lipinski definition) is 4. The Morgan fingerprint density at radius 3 is 2.26 bits per heavy atom. The van der Waals surface area contributed by atoms with E-state index in [1.165, 1.54) is 0 Å². The fourth-order valence-corrected chi connectivity index (χ4v) is 4.21. The smallest absolute Gasteiger partial charge is 0.247 e. The summed E-state index contributed by atoms with van der Waals surface area (Å²) >= 11 is 0. The lowest BCUT2D eigenvalue weighted by Crippen LogP contribution is -2.56. The zero-order valence-corrected chi connectivity index (χ0v) is 15.4. The number of Topliss-reactive ketones (excluding diaryl/α,β-unsaturated/α-hetero) is 1. The van der Waals surface area contributed by atoms with Crippen LogP contribution in [0.15, 0.2) is 60.7 Å². The lowest BCUT2D eigenvalue weighted by molar-refractivity contribution is -0.125. The molecule has 1 amide bonds. The van der Waals surface area contributed by atoms with E-state index in [0.717, 1.165) is 43.7 Å². The first-order valence-electron chi connectivity index (χ1n) is 9.61. The zero-order valence-electron chi connectivity index (χ0n) is 15.4. The molecule has 2 aliphatic heterocycles. The molecule has 0 bridgehead atoms. The highest BCUT2D eigenvalue weighted by Crippen LogP contribution is 2.36. The molecular weight excluding hydrogens is 338 g/mol. The van der Waals surface area contributed by atoms with Crippen molar-refractivity contribution in [2.24, 2.45) is 0 Å². The van der Waals surface area contributed by atoms with E-state index in [0.29, 0.717) is 13.1 Å². The minimum Gasteiger partial charge on any atom is -0.339 e. The van der Waals surface area contributed by atoms with Crippen molar-refractivity contribution in [2.75, 3.05) is 31.2 Å². The third kappa shape index (κ3) is 3.47. The first kappa shape index (κ1) is 17.7. The quantitative estimate of drug-likeness (QED) is 0.830. The van der Waals surface area contributed by atoms with Gasteiger partial charge in [0, 0.05) is 37.3 Å². The van der Waals surface area contributed by atoms with E-state index in [9.17, 15) is 9.59 Å². The van der Waals surface area contributed by atoms with Crippen molar-refractivity contribution in [2.45, 2.75) is 24.8 Å². The number of nitrogens with zero attached hydrogens (tertiary/aromatic N) is 2. The molecule has 4 rings (SSSR count). The van der Waals surface area contributed by atoms with Crippen LogP contribution >= 0.6 is 0 Å². The summed E-state index contributed by atoms with van der Waals surface area (Å²) in [5, 5.41) is 3.03. The van der Waals surface area contributed by atoms with Crippen LogP contribution in [0.4, 0.5) is 5.69 Å². The van der Waals surface area contributed by atoms with Gasteiger partial charge in [0.15, 0.2) is 5.78 Å². The number of para-hydroxylation sites is 1. The van der Waals surface area contributed by atoms with Crippen LogP contribution in [0.5, 0.6) is 0 Å². The Morgan fingerprint density at radius 1 is 0.963 bits per heavy atom. The summed E-state index contributed by atoms with van der Waals surface area (Å²) in [4.78, 5) is 29.5. The molecule has 1 N–H and O–H groups in total. The number of amides is 1. The fraction of sp³-hybridized carbons (Fsp3) is 0.364. The second-order valence-corrected chi connectivity index (χ2v) is 7.34. The van der Waals surface area contributed by atoms with Crippen LogP contribution in [0.1, 0.15) is 29.6 Å². The number of benzene rings is 2. The molecule has 2 saturated heterocycles. The molecule has 0 saturated carbocycles. The van der Waals surface area contributed by atoms with Crippen LogP contribution in [-0.2, 0) is 4.79 Å². The molecule has 2 aromatic carbocycles. The molecule has 5 nitrogen and oxygen atoms in total. The number of anilines is 1. The molecule has 140 valence electrons. The maximum atomic E-state index is 12.7. The lowest BCUT2D eigenvalue weighted by atomic mass is 9.85. The highest BCUT2D eigenvalue weighted by molar-refractivity contribution is 5.96. The Bertz CT molecular complexity index is 799. The average molecular weight is 363 g/mol. The molecule has 0 unspecified atom stereocenters. The van der Waals surface area contributed by atoms with Gasteiger partial charge in [0.1, 0.15) is 5.54 Å². The molecule has 0 aromatic heterocycles. The standard InChI is InChI=1S/C22H25N3O2/c26-20(18-7-3-1-4-8-18)11-14-24-15-12-22(13-16-24)21(27)23-17-25(22)19-9-5-2-6-10-19/h1-10H,11-17H2,(H,23,27). The van der Waals surface area contributed by atoms with Gasteiger partial charge < -0.3 is 15.1 Å². The van der Waals surface area contributed by atoms with Crippen LogP contribution in [0.25, 0.3) is 0 Å². The van der Waals surface area contributed by atoms with E-state index in [4.69, 9.17) is 0 Å². The first-order chi connectivity index (χ1) is 13.2. The van der Waals surface area contributed by atoms with E-state index < -0.39 is 5.54 Å². The predicted octanol–water partition coefficient (Wildman–Crippen LogP) is 2.69. The monoisotopic (exact) mass is 363 g/mol. The van der Waals surface area contributed by atoms with Crippen LogP contribution in [-0.4, -0.2) is 48.4 Å². The highest BCUT2D eigenvalue weighted by atomic mass is 16.2. The van der Waals surface area contributed by atoms with E-state index in [2.05, 4.69) is 27.2 Å². The Balaban J connectivity index is 1.37. The number of carbonyl (C=O) groups is 2. The molecule has 27 heavy (non-hydrogen) atoms. The molecule has 2 heterocycles. The second-order valence-electron chi connectivity index (χ2n) is 7.34. The summed E-state index contributed by atoms with van der Waals surface area (Å²) in [6.45, 7) is 2.98. The van der Waals surface area contributed by atoms with Crippen molar-refractivity contribution in [1.29, 1.82) is 0 Å². The first-order valence-corrected chi connectivity index (χ1v) is 9.61. The summed E-state index contributed by atoms with van der Waals surface area (Å²) in [5.74, 6) is 0.312. The highest BCUT2D eigenvalue weighted by Gasteiger charge is 2.50. The largest absolute Gasteiger partial charge is 0.339 e. The van der Waals surface area contributed by atoms with Crippen molar-refractivity contribution in [3.63, 3.8) is 0 Å². The van der Waals surface area contributed by atoms with Gasteiger partial charge in [-0.15, -0.1) is 0 Å². The van der Waals surface area contributed by atoms with Gasteiger partial charge in [-0.05, 0) is 25.0 Å². The minimum atomic E-state index is -0.457. The van der Waals surface area contributed by atoms with Crippen LogP contribution in [0.2, 0.25) is 0 Å². The van der Waals surface area contributed by atoms with E-state index in [-0.39, 0.29) is 11.7 Å². The van der Waals surface area contributed by atoms with Gasteiger partial charge in [0.2, 0.25) is 5.91 Å². The Hall–Kier alpha value is -2.66. The van der Waals surface area contributed by atoms with E-state index in [1.54, 1.807) is 0 Å². The van der Waals surface area contributed by atoms with Gasteiger partial charge in [0.05, 0.1) is 6.67 Å². The second kappa shape index (κ2) is 7.53. The SMILES string of the molecule is O=C(CCN1CCC2(CC1)C(=O)NCN2c1ccccc1)c1ccccc1. The van der Waals surface area contributed by atoms with Crippen LogP contribution in [0.3, 0.4) is 0 Å². The molecular formula is C22H25N3O2. The number of likely N-dealkylation sites (tertiary alicyclic amines) is 1. The number of hydrogen-bond donors (Lipinski definition) is 1. The molecule has 5 heteroatoms. The molecule has 0 radical (unpaired) electrons. The minimum absolute atomic E-state index is 0.131. The summed E-state index contributed by atoms with van der Waals surface area (Å²) in [6, 6.07) is 19.6. The van der Waals surface area contributed by atoms with Crippen molar-refractivity contribution in [3.8, 4) is 0 Å². The Morgan fingerprint density at radius 2 is 1.59 bits per heavy atom. The molecule has 2 fully saturated rings. The third-order valence-corrected chi connectivity index (χ3v) is 5.84. The van der Waals surface area contributed by atoms with Crippen LogP contribution in [0, 0.1) is 0 Å². The van der Waals surface area contributed by atoms with Crippen molar-refractivity contribution in [3.05, 3.63) is 66.2 Å². The number of nitrogens with one attached hydrogen (secondary N) is 1. The number of ketones is 1. The summed E-state index contributed by atoms with van der Waals surface area (Å²) < 4.78 is 0. The zero-order chi connectivity index (χ0) is 18.7. The summed E-state index contributed by atoms with van der Waals surface area (Å²) in [6.07, 6.45) is 2.09. The Labute approximate surface area is 160 Å². The third-order valence-electron chi connectivity index (χ3n) is 5.84. The Kier molecular flexibility index (Phi) is 4.94. The van der Waals surface area contributed by atoms with Gasteiger partial charge in [0.25, 0.3) is 0 Å². The van der Waals surface area contributed by atoms with Gasteiger partial charge in [-0.2, -0.15) is 0 Å². The van der Waals surface area contributed by atoms with Gasteiger partial charge in [-0.3, -0.25) is 9.59 Å². The average Bonchev–Trinajstić information content (AvgIpc) is 3.04. The molecule has 0 atom stereocenters. The van der Waals surface area contributed by atoms with Crippen LogP contribution < -0.4 is 10.2 Å². The number of piperidine rings is 1. The van der Waals surface area contributed by atoms with Gasteiger partial charge in [-0.1, -0.05) is 48.5 Å². The van der Waals surface area contributed by atoms with Crippen molar-refractivity contribution < 1.29 is 9.59 Å². The topological polar surface area (TPSA) is 52.7 Å². The van der Waals surface area contributed by atoms with E-state index in [1.807, 2.05) is 48.5 Å². The number of rotatable bonds is 5. The fourth-order valence-electron chi connectivity index (χ4n) is 4.21. The molecule has 2 aliphatic rings. The maximum Gasteiger partial charge on any atom is 0.247 e. The van der Waals surface area contributed by atoms with Gasteiger partial charge in [-0.25, -0.2) is 0 Å². The molecule has 0 aliphatic carbocycles. The van der Waals surface area contributed by atoms with Crippen molar-refractivity contribution >= 4 is 17.4 Å². The van der Waals surface area contributed by atoms with E-state index >= 15 is 0 Å². The predicted molar refractivity (Wildman–Crippen MR) is 106 cm³/mol. The maximum absolute atomic E-state index is 12.7. The molecule has 2 aromatic rings. The normalized spacial score (nSPS) is 19.3. The van der Waals surface area contributed by atoms with Gasteiger partial charge >= 0.3 is 0 Å². The molecule has 1 spiro atoms. The lowest BCUT2D eigenvalue weighted by Gasteiger charge is -2.43.